The second-order valence-corrected chi connectivity index (χ2v) is 7.36. The average molecular weight is 410 g/mol. The highest BCUT2D eigenvalue weighted by molar-refractivity contribution is 7.99. The molecule has 0 radical (unpaired) electrons. The first-order chi connectivity index (χ1) is 13.4. The van der Waals surface area contributed by atoms with Crippen LogP contribution in [0.4, 0.5) is 24.5 Å². The van der Waals surface area contributed by atoms with Gasteiger partial charge in [-0.3, -0.25) is 0 Å². The number of ether oxygens (including phenoxy) is 1. The second kappa shape index (κ2) is 9.09. The number of hydrogen-bond donors (Lipinski definition) is 2. The van der Waals surface area contributed by atoms with Crippen LogP contribution in [0.3, 0.4) is 0 Å². The van der Waals surface area contributed by atoms with Crippen molar-refractivity contribution in [1.82, 2.24) is 0 Å². The van der Waals surface area contributed by atoms with Gasteiger partial charge in [-0.05, 0) is 29.8 Å². The fourth-order valence-electron chi connectivity index (χ4n) is 2.77. The molecule has 0 aliphatic carbocycles. The number of guanidine groups is 1. The number of nitrogens with two attached hydrogens (primary N) is 1. The molecule has 1 saturated heterocycles. The van der Waals surface area contributed by atoms with Crippen LogP contribution in [-0.4, -0.2) is 36.9 Å². The van der Waals surface area contributed by atoms with Crippen LogP contribution < -0.4 is 20.7 Å². The maximum Gasteiger partial charge on any atom is 0.573 e. The molecule has 5 nitrogen and oxygen atoms in total. The van der Waals surface area contributed by atoms with Crippen LogP contribution in [0.5, 0.6) is 5.75 Å². The van der Waals surface area contributed by atoms with E-state index in [-0.39, 0.29) is 17.4 Å². The standard InChI is InChI=1S/C19H21F3N4OS/c20-19(21,22)27-17-4-2-1-3-16(17)25-18(23)24-13-14-5-7-15(8-6-14)26-9-11-28-12-10-26/h1-8H,9-13H2,(H3,23,24,25). The van der Waals surface area contributed by atoms with E-state index in [2.05, 4.69) is 32.1 Å². The highest BCUT2D eigenvalue weighted by Crippen LogP contribution is 2.29. The van der Waals surface area contributed by atoms with Gasteiger partial charge in [-0.1, -0.05) is 24.3 Å². The van der Waals surface area contributed by atoms with E-state index in [1.807, 2.05) is 23.9 Å². The van der Waals surface area contributed by atoms with Gasteiger partial charge in [0.1, 0.15) is 0 Å². The molecule has 0 atom stereocenters. The van der Waals surface area contributed by atoms with Crippen LogP contribution >= 0.6 is 11.8 Å². The van der Waals surface area contributed by atoms with Gasteiger partial charge in [-0.15, -0.1) is 13.2 Å². The maximum atomic E-state index is 12.5. The molecule has 28 heavy (non-hydrogen) atoms. The third kappa shape index (κ3) is 5.98. The molecule has 3 N–H and O–H groups in total. The molecule has 9 heteroatoms. The van der Waals surface area contributed by atoms with Crippen molar-refractivity contribution in [3.8, 4) is 5.75 Å². The molecule has 0 unspecified atom stereocenters. The molecule has 2 aromatic carbocycles. The molecule has 1 heterocycles. The summed E-state index contributed by atoms with van der Waals surface area (Å²) in [6.45, 7) is 2.40. The molecular weight excluding hydrogens is 389 g/mol. The van der Waals surface area contributed by atoms with Crippen molar-refractivity contribution in [3.63, 3.8) is 0 Å². The molecule has 1 aliphatic heterocycles. The zero-order valence-corrected chi connectivity index (χ0v) is 15.9. The lowest BCUT2D eigenvalue weighted by atomic mass is 10.2. The number of halogens is 3. The third-order valence-electron chi connectivity index (χ3n) is 4.12. The Hall–Kier alpha value is -2.55. The van der Waals surface area contributed by atoms with Crippen LogP contribution in [0.1, 0.15) is 5.56 Å². The molecule has 1 aliphatic rings. The number of rotatable bonds is 5. The van der Waals surface area contributed by atoms with Gasteiger partial charge in [0.2, 0.25) is 0 Å². The van der Waals surface area contributed by atoms with E-state index in [4.69, 9.17) is 5.73 Å². The van der Waals surface area contributed by atoms with E-state index < -0.39 is 6.36 Å². The largest absolute Gasteiger partial charge is 0.573 e. The van der Waals surface area contributed by atoms with Crippen molar-refractivity contribution in [2.75, 3.05) is 34.8 Å². The lowest BCUT2D eigenvalue weighted by molar-refractivity contribution is -0.274. The Morgan fingerprint density at radius 2 is 1.79 bits per heavy atom. The molecule has 3 rings (SSSR count). The van der Waals surface area contributed by atoms with E-state index >= 15 is 0 Å². The van der Waals surface area contributed by atoms with Crippen molar-refractivity contribution in [3.05, 3.63) is 54.1 Å². The highest BCUT2D eigenvalue weighted by Gasteiger charge is 2.32. The Labute approximate surface area is 165 Å². The fourth-order valence-corrected chi connectivity index (χ4v) is 3.67. The van der Waals surface area contributed by atoms with E-state index in [1.165, 1.54) is 23.9 Å². The van der Waals surface area contributed by atoms with Gasteiger partial charge in [0.15, 0.2) is 11.7 Å². The predicted octanol–water partition coefficient (Wildman–Crippen LogP) is 4.07. The molecule has 0 bridgehead atoms. The molecule has 0 saturated carbocycles. The molecule has 0 spiro atoms. The SMILES string of the molecule is NC(=NCc1ccc(N2CCSCC2)cc1)Nc1ccccc1OC(F)(F)F. The minimum atomic E-state index is -4.78. The van der Waals surface area contributed by atoms with Gasteiger partial charge >= 0.3 is 6.36 Å². The van der Waals surface area contributed by atoms with Crippen molar-refractivity contribution in [2.24, 2.45) is 10.7 Å². The first kappa shape index (κ1) is 20.2. The van der Waals surface area contributed by atoms with Crippen molar-refractivity contribution < 1.29 is 17.9 Å². The quantitative estimate of drug-likeness (QED) is 0.575. The summed E-state index contributed by atoms with van der Waals surface area (Å²) in [4.78, 5) is 6.54. The summed E-state index contributed by atoms with van der Waals surface area (Å²) < 4.78 is 41.4. The number of anilines is 2. The molecule has 1 fully saturated rings. The van der Waals surface area contributed by atoms with Gasteiger partial charge in [0.05, 0.1) is 12.2 Å². The Bertz CT molecular complexity index is 806. The normalized spacial score (nSPS) is 15.4. The number of aliphatic imine (C=N–C) groups is 1. The van der Waals surface area contributed by atoms with Crippen LogP contribution in [0.25, 0.3) is 0 Å². The van der Waals surface area contributed by atoms with E-state index in [0.29, 0.717) is 6.54 Å². The zero-order valence-electron chi connectivity index (χ0n) is 15.1. The second-order valence-electron chi connectivity index (χ2n) is 6.14. The Kier molecular flexibility index (Phi) is 6.56. The smallest absolute Gasteiger partial charge is 0.404 e. The van der Waals surface area contributed by atoms with Crippen molar-refractivity contribution in [2.45, 2.75) is 12.9 Å². The van der Waals surface area contributed by atoms with Crippen LogP contribution in [0.2, 0.25) is 0 Å². The Morgan fingerprint density at radius 3 is 2.46 bits per heavy atom. The highest BCUT2D eigenvalue weighted by atomic mass is 32.2. The van der Waals surface area contributed by atoms with Gasteiger partial charge in [-0.2, -0.15) is 11.8 Å². The summed E-state index contributed by atoms with van der Waals surface area (Å²) >= 11 is 1.96. The molecule has 150 valence electrons. The summed E-state index contributed by atoms with van der Waals surface area (Å²) in [5.74, 6) is 1.91. The Morgan fingerprint density at radius 1 is 1.11 bits per heavy atom. The summed E-state index contributed by atoms with van der Waals surface area (Å²) in [6.07, 6.45) is -4.78. The van der Waals surface area contributed by atoms with E-state index in [1.54, 1.807) is 6.07 Å². The number of hydrogen-bond acceptors (Lipinski definition) is 4. The van der Waals surface area contributed by atoms with Gasteiger partial charge in [-0.25, -0.2) is 4.99 Å². The summed E-state index contributed by atoms with van der Waals surface area (Å²) in [5, 5.41) is 2.66. The predicted molar refractivity (Wildman–Crippen MR) is 108 cm³/mol. The minimum absolute atomic E-state index is 0.00959. The number of nitrogens with zero attached hydrogens (tertiary/aromatic N) is 2. The summed E-state index contributed by atoms with van der Waals surface area (Å²) in [5.41, 5.74) is 8.06. The van der Waals surface area contributed by atoms with Crippen molar-refractivity contribution >= 4 is 29.1 Å². The fraction of sp³-hybridized carbons (Fsp3) is 0.316. The van der Waals surface area contributed by atoms with Crippen LogP contribution in [0, 0.1) is 0 Å². The molecule has 0 amide bonds. The minimum Gasteiger partial charge on any atom is -0.404 e. The lowest BCUT2D eigenvalue weighted by Gasteiger charge is -2.28. The van der Waals surface area contributed by atoms with Gasteiger partial charge < -0.3 is 20.7 Å². The van der Waals surface area contributed by atoms with E-state index in [9.17, 15) is 13.2 Å². The monoisotopic (exact) mass is 410 g/mol. The number of benzene rings is 2. The number of alkyl halides is 3. The topological polar surface area (TPSA) is 62.9 Å². The lowest BCUT2D eigenvalue weighted by Crippen LogP contribution is -2.32. The first-order valence-electron chi connectivity index (χ1n) is 8.74. The van der Waals surface area contributed by atoms with Gasteiger partial charge in [0, 0.05) is 30.3 Å². The first-order valence-corrected chi connectivity index (χ1v) is 9.89. The van der Waals surface area contributed by atoms with Crippen LogP contribution in [-0.2, 0) is 6.54 Å². The molecular formula is C19H21F3N4OS. The van der Waals surface area contributed by atoms with Crippen LogP contribution in [0.15, 0.2) is 53.5 Å². The third-order valence-corrected chi connectivity index (χ3v) is 5.06. The number of nitrogens with one attached hydrogen (secondary N) is 1. The van der Waals surface area contributed by atoms with Crippen molar-refractivity contribution in [1.29, 1.82) is 0 Å². The van der Waals surface area contributed by atoms with Gasteiger partial charge in [0.25, 0.3) is 0 Å². The maximum absolute atomic E-state index is 12.5. The average Bonchev–Trinajstić information content (AvgIpc) is 2.68. The number of para-hydroxylation sites is 2. The summed E-state index contributed by atoms with van der Waals surface area (Å²) in [7, 11) is 0. The molecule has 2 aromatic rings. The molecule has 0 aromatic heterocycles. The number of thioether (sulfide) groups is 1. The summed E-state index contributed by atoms with van der Waals surface area (Å²) in [6, 6.07) is 13.7. The Balaban J connectivity index is 1.60. The zero-order chi connectivity index (χ0) is 20.0. The van der Waals surface area contributed by atoms with E-state index in [0.717, 1.165) is 30.2 Å².